The van der Waals surface area contributed by atoms with Crippen molar-refractivity contribution in [2.75, 3.05) is 7.05 Å². The van der Waals surface area contributed by atoms with Gasteiger partial charge in [-0.15, -0.1) is 0 Å². The van der Waals surface area contributed by atoms with Crippen LogP contribution < -0.4 is 5.32 Å². The van der Waals surface area contributed by atoms with Crippen LogP contribution in [0.1, 0.15) is 32.6 Å². The molecule has 21 heavy (non-hydrogen) atoms. The Labute approximate surface area is 122 Å². The molecule has 2 aromatic carbocycles. The molecule has 0 spiro atoms. The minimum atomic E-state index is -0.451. The first-order valence-corrected chi connectivity index (χ1v) is 6.68. The van der Waals surface area contributed by atoms with Gasteiger partial charge in [0.05, 0.1) is 0 Å². The second-order valence-electron chi connectivity index (χ2n) is 5.08. The zero-order chi connectivity index (χ0) is 15.6. The minimum Gasteiger partial charge on any atom is -0.355 e. The molecule has 0 atom stereocenters. The Balaban J connectivity index is 2.42. The predicted molar refractivity (Wildman–Crippen MR) is 78.5 cm³/mol. The summed E-state index contributed by atoms with van der Waals surface area (Å²) in [6.45, 7) is 3.48. The molecule has 0 radical (unpaired) electrons. The van der Waals surface area contributed by atoms with E-state index in [1.54, 1.807) is 26.0 Å². The molecule has 0 aliphatic rings. The van der Waals surface area contributed by atoms with Crippen molar-refractivity contribution in [1.29, 1.82) is 0 Å². The largest absolute Gasteiger partial charge is 0.355 e. The average Bonchev–Trinajstić information content (AvgIpc) is 2.45. The van der Waals surface area contributed by atoms with Gasteiger partial charge in [-0.1, -0.05) is 12.1 Å². The summed E-state index contributed by atoms with van der Waals surface area (Å²) in [6, 6.07) is 7.46. The lowest BCUT2D eigenvalue weighted by atomic mass is 9.95. The third-order valence-electron chi connectivity index (χ3n) is 3.57. The number of hydrogen-bond acceptors (Lipinski definition) is 1. The van der Waals surface area contributed by atoms with E-state index in [1.165, 1.54) is 25.2 Å². The highest BCUT2D eigenvalue weighted by Gasteiger charge is 2.13. The lowest BCUT2D eigenvalue weighted by molar-refractivity contribution is 0.0962. The lowest BCUT2D eigenvalue weighted by Crippen LogP contribution is -2.20. The van der Waals surface area contributed by atoms with Gasteiger partial charge >= 0.3 is 0 Å². The van der Waals surface area contributed by atoms with Crippen LogP contribution in [0, 0.1) is 25.5 Å². The SMILES string of the molecule is CNC(=O)c1cc(F)cc(Cc2ccc(F)c(C)c2)c1C. The number of rotatable bonds is 3. The molecule has 0 aliphatic heterocycles. The molecule has 0 saturated carbocycles. The molecular formula is C17H17F2NO. The highest BCUT2D eigenvalue weighted by molar-refractivity contribution is 5.95. The first-order valence-electron chi connectivity index (χ1n) is 6.68. The van der Waals surface area contributed by atoms with Gasteiger partial charge in [0.1, 0.15) is 11.6 Å². The quantitative estimate of drug-likeness (QED) is 0.920. The van der Waals surface area contributed by atoms with Crippen molar-refractivity contribution in [3.8, 4) is 0 Å². The van der Waals surface area contributed by atoms with Gasteiger partial charge in [-0.05, 0) is 60.7 Å². The Morgan fingerprint density at radius 1 is 1.14 bits per heavy atom. The summed E-state index contributed by atoms with van der Waals surface area (Å²) < 4.78 is 27.0. The summed E-state index contributed by atoms with van der Waals surface area (Å²) in [4.78, 5) is 11.8. The fourth-order valence-electron chi connectivity index (χ4n) is 2.33. The van der Waals surface area contributed by atoms with Crippen LogP contribution >= 0.6 is 0 Å². The summed E-state index contributed by atoms with van der Waals surface area (Å²) in [5.74, 6) is -1.03. The predicted octanol–water partition coefficient (Wildman–Crippen LogP) is 3.53. The highest BCUT2D eigenvalue weighted by Crippen LogP contribution is 2.21. The van der Waals surface area contributed by atoms with Gasteiger partial charge in [-0.2, -0.15) is 0 Å². The number of aryl methyl sites for hydroxylation is 1. The van der Waals surface area contributed by atoms with Crippen LogP contribution in [0.3, 0.4) is 0 Å². The van der Waals surface area contributed by atoms with Crippen LogP contribution in [0.15, 0.2) is 30.3 Å². The van der Waals surface area contributed by atoms with Gasteiger partial charge in [0.2, 0.25) is 0 Å². The summed E-state index contributed by atoms with van der Waals surface area (Å²) in [5, 5.41) is 2.50. The number of carbonyl (C=O) groups excluding carboxylic acids is 1. The second kappa shape index (κ2) is 6.04. The molecule has 1 N–H and O–H groups in total. The number of carbonyl (C=O) groups is 1. The number of hydrogen-bond donors (Lipinski definition) is 1. The van der Waals surface area contributed by atoms with E-state index >= 15 is 0 Å². The standard InChI is InChI=1S/C17H17F2NO/c1-10-6-12(4-5-16(10)19)7-13-8-14(18)9-15(11(13)2)17(21)20-3/h4-6,8-9H,7H2,1-3H3,(H,20,21). The van der Waals surface area contributed by atoms with E-state index in [2.05, 4.69) is 5.32 Å². The number of nitrogens with one attached hydrogen (secondary N) is 1. The monoisotopic (exact) mass is 289 g/mol. The fraction of sp³-hybridized carbons (Fsp3) is 0.235. The van der Waals surface area contributed by atoms with Crippen LogP contribution in [0.2, 0.25) is 0 Å². The van der Waals surface area contributed by atoms with E-state index in [0.717, 1.165) is 16.7 Å². The molecule has 2 nitrogen and oxygen atoms in total. The Kier molecular flexibility index (Phi) is 4.36. The summed E-state index contributed by atoms with van der Waals surface area (Å²) in [7, 11) is 1.51. The van der Waals surface area contributed by atoms with Crippen molar-refractivity contribution < 1.29 is 13.6 Å². The van der Waals surface area contributed by atoms with Crippen LogP contribution in [0.4, 0.5) is 8.78 Å². The van der Waals surface area contributed by atoms with E-state index in [9.17, 15) is 13.6 Å². The Morgan fingerprint density at radius 2 is 1.86 bits per heavy atom. The fourth-order valence-corrected chi connectivity index (χ4v) is 2.33. The van der Waals surface area contributed by atoms with Crippen molar-refractivity contribution in [3.05, 3.63) is 69.8 Å². The number of halogens is 2. The van der Waals surface area contributed by atoms with E-state index in [0.29, 0.717) is 17.5 Å². The van der Waals surface area contributed by atoms with Gasteiger partial charge < -0.3 is 5.32 Å². The van der Waals surface area contributed by atoms with Crippen molar-refractivity contribution in [3.63, 3.8) is 0 Å². The van der Waals surface area contributed by atoms with E-state index in [1.807, 2.05) is 0 Å². The molecule has 2 aromatic rings. The first kappa shape index (κ1) is 15.2. The van der Waals surface area contributed by atoms with Crippen LogP contribution in [-0.4, -0.2) is 13.0 Å². The van der Waals surface area contributed by atoms with Crippen molar-refractivity contribution in [2.45, 2.75) is 20.3 Å². The van der Waals surface area contributed by atoms with Gasteiger partial charge in [0.15, 0.2) is 0 Å². The minimum absolute atomic E-state index is 0.263. The molecule has 0 saturated heterocycles. The molecular weight excluding hydrogens is 272 g/mol. The van der Waals surface area contributed by atoms with Crippen molar-refractivity contribution in [1.82, 2.24) is 5.32 Å². The maximum absolute atomic E-state index is 13.7. The highest BCUT2D eigenvalue weighted by atomic mass is 19.1. The van der Waals surface area contributed by atoms with Crippen LogP contribution in [0.5, 0.6) is 0 Å². The Morgan fingerprint density at radius 3 is 2.48 bits per heavy atom. The molecule has 110 valence electrons. The Hall–Kier alpha value is -2.23. The topological polar surface area (TPSA) is 29.1 Å². The van der Waals surface area contributed by atoms with E-state index in [4.69, 9.17) is 0 Å². The third-order valence-corrected chi connectivity index (χ3v) is 3.57. The smallest absolute Gasteiger partial charge is 0.251 e. The van der Waals surface area contributed by atoms with Gasteiger partial charge in [-0.25, -0.2) is 8.78 Å². The molecule has 0 heterocycles. The molecule has 0 fully saturated rings. The van der Waals surface area contributed by atoms with Gasteiger partial charge in [0, 0.05) is 12.6 Å². The van der Waals surface area contributed by atoms with E-state index < -0.39 is 5.82 Å². The normalized spacial score (nSPS) is 10.5. The van der Waals surface area contributed by atoms with E-state index in [-0.39, 0.29) is 11.7 Å². The maximum atomic E-state index is 13.7. The van der Waals surface area contributed by atoms with Crippen LogP contribution in [0.25, 0.3) is 0 Å². The summed E-state index contributed by atoms with van der Waals surface area (Å²) in [5.41, 5.74) is 3.21. The first-order chi connectivity index (χ1) is 9.92. The molecule has 2 rings (SSSR count). The zero-order valence-electron chi connectivity index (χ0n) is 12.3. The molecule has 0 bridgehead atoms. The average molecular weight is 289 g/mol. The van der Waals surface area contributed by atoms with Gasteiger partial charge in [-0.3, -0.25) is 4.79 Å². The van der Waals surface area contributed by atoms with Crippen molar-refractivity contribution >= 4 is 5.91 Å². The van der Waals surface area contributed by atoms with Crippen LogP contribution in [-0.2, 0) is 6.42 Å². The lowest BCUT2D eigenvalue weighted by Gasteiger charge is -2.12. The van der Waals surface area contributed by atoms with Crippen molar-refractivity contribution in [2.24, 2.45) is 0 Å². The van der Waals surface area contributed by atoms with Gasteiger partial charge in [0.25, 0.3) is 5.91 Å². The molecule has 0 aliphatic carbocycles. The molecule has 4 heteroatoms. The molecule has 0 aromatic heterocycles. The maximum Gasteiger partial charge on any atom is 0.251 e. The summed E-state index contributed by atoms with van der Waals surface area (Å²) >= 11 is 0. The summed E-state index contributed by atoms with van der Waals surface area (Å²) in [6.07, 6.45) is 0.453. The second-order valence-corrected chi connectivity index (χ2v) is 5.08. The zero-order valence-corrected chi connectivity index (χ0v) is 12.3. The molecule has 1 amide bonds. The molecule has 0 unspecified atom stereocenters. The number of amides is 1. The number of benzene rings is 2. The Bertz CT molecular complexity index is 695. The third kappa shape index (κ3) is 3.27.